The van der Waals surface area contributed by atoms with Gasteiger partial charge in [-0.15, -0.1) is 0 Å². The van der Waals surface area contributed by atoms with Gasteiger partial charge in [0.1, 0.15) is 0 Å². The molecule has 1 aromatic heterocycles. The summed E-state index contributed by atoms with van der Waals surface area (Å²) in [5.41, 5.74) is 1.53. The summed E-state index contributed by atoms with van der Waals surface area (Å²) in [7, 11) is 0. The zero-order chi connectivity index (χ0) is 10.8. The third-order valence-electron chi connectivity index (χ3n) is 1.93. The van der Waals surface area contributed by atoms with E-state index in [0.717, 1.165) is 20.9 Å². The van der Waals surface area contributed by atoms with Crippen LogP contribution in [0.15, 0.2) is 39.5 Å². The van der Waals surface area contributed by atoms with Crippen molar-refractivity contribution in [2.24, 2.45) is 0 Å². The van der Waals surface area contributed by atoms with E-state index in [9.17, 15) is 4.79 Å². The zero-order valence-corrected chi connectivity index (χ0v) is 10.7. The summed E-state index contributed by atoms with van der Waals surface area (Å²) in [5.74, 6) is 0. The number of aromatic nitrogens is 2. The topological polar surface area (TPSA) is 34.9 Å². The van der Waals surface area contributed by atoms with Crippen LogP contribution in [0.1, 0.15) is 10.4 Å². The number of nitrogens with zero attached hydrogens (tertiary/aromatic N) is 2. The molecule has 2 rings (SSSR count). The van der Waals surface area contributed by atoms with Crippen molar-refractivity contribution in [3.8, 4) is 5.69 Å². The Morgan fingerprint density at radius 2 is 2.13 bits per heavy atom. The maximum Gasteiger partial charge on any atom is 0.151 e. The molecule has 76 valence electrons. The highest BCUT2D eigenvalue weighted by Crippen LogP contribution is 2.20. The first-order valence-electron chi connectivity index (χ1n) is 4.16. The molecule has 2 aromatic rings. The molecule has 0 saturated carbocycles. The van der Waals surface area contributed by atoms with Crippen LogP contribution >= 0.6 is 31.9 Å². The number of aldehydes is 1. The maximum atomic E-state index is 10.6. The first kappa shape index (κ1) is 10.6. The molecule has 0 atom stereocenters. The normalized spacial score (nSPS) is 10.3. The third kappa shape index (κ3) is 2.18. The monoisotopic (exact) mass is 328 g/mol. The minimum Gasteiger partial charge on any atom is -0.298 e. The number of rotatable bonds is 2. The number of hydrogen-bond donors (Lipinski definition) is 0. The Kier molecular flexibility index (Phi) is 3.02. The molecule has 0 aliphatic carbocycles. The molecule has 0 saturated heterocycles. The highest BCUT2D eigenvalue weighted by Gasteiger charge is 2.03. The van der Waals surface area contributed by atoms with Gasteiger partial charge in [-0.1, -0.05) is 0 Å². The second kappa shape index (κ2) is 4.28. The molecule has 0 N–H and O–H groups in total. The highest BCUT2D eigenvalue weighted by atomic mass is 79.9. The van der Waals surface area contributed by atoms with Crippen LogP contribution in [0.5, 0.6) is 0 Å². The highest BCUT2D eigenvalue weighted by molar-refractivity contribution is 9.10. The summed E-state index contributed by atoms with van der Waals surface area (Å²) in [5, 5.41) is 4.14. The molecule has 0 aliphatic rings. The molecule has 0 fully saturated rings. The maximum absolute atomic E-state index is 10.6. The molecule has 1 heterocycles. The van der Waals surface area contributed by atoms with E-state index in [1.807, 2.05) is 18.3 Å². The summed E-state index contributed by atoms with van der Waals surface area (Å²) in [6, 6.07) is 5.44. The molecule has 0 radical (unpaired) electrons. The second-order valence-corrected chi connectivity index (χ2v) is 4.70. The number of benzene rings is 1. The molecule has 3 nitrogen and oxygen atoms in total. The van der Waals surface area contributed by atoms with Gasteiger partial charge >= 0.3 is 0 Å². The van der Waals surface area contributed by atoms with E-state index in [1.165, 1.54) is 0 Å². The minimum absolute atomic E-state index is 0.630. The van der Waals surface area contributed by atoms with Crippen molar-refractivity contribution in [3.63, 3.8) is 0 Å². The lowest BCUT2D eigenvalue weighted by molar-refractivity contribution is 0.112. The van der Waals surface area contributed by atoms with E-state index in [1.54, 1.807) is 16.9 Å². The Labute approximate surface area is 103 Å². The van der Waals surface area contributed by atoms with Crippen LogP contribution in [-0.2, 0) is 0 Å². The fourth-order valence-electron chi connectivity index (χ4n) is 1.20. The van der Waals surface area contributed by atoms with E-state index < -0.39 is 0 Å². The predicted molar refractivity (Wildman–Crippen MR) is 64.4 cm³/mol. The van der Waals surface area contributed by atoms with Gasteiger partial charge in [0.15, 0.2) is 6.29 Å². The van der Waals surface area contributed by atoms with E-state index in [4.69, 9.17) is 0 Å². The van der Waals surface area contributed by atoms with Crippen molar-refractivity contribution in [2.45, 2.75) is 0 Å². The van der Waals surface area contributed by atoms with Crippen LogP contribution in [0.3, 0.4) is 0 Å². The fourth-order valence-corrected chi connectivity index (χ4v) is 1.94. The van der Waals surface area contributed by atoms with Crippen LogP contribution in [0.25, 0.3) is 5.69 Å². The van der Waals surface area contributed by atoms with Gasteiger partial charge in [-0.25, -0.2) is 4.68 Å². The Hall–Kier alpha value is -0.940. The van der Waals surface area contributed by atoms with Gasteiger partial charge in [-0.3, -0.25) is 4.79 Å². The summed E-state index contributed by atoms with van der Waals surface area (Å²) in [4.78, 5) is 10.6. The van der Waals surface area contributed by atoms with Crippen LogP contribution in [0.2, 0.25) is 0 Å². The molecule has 0 bridgehead atoms. The van der Waals surface area contributed by atoms with Gasteiger partial charge in [0.2, 0.25) is 0 Å². The van der Waals surface area contributed by atoms with Gasteiger partial charge < -0.3 is 0 Å². The summed E-state index contributed by atoms with van der Waals surface area (Å²) < 4.78 is 3.41. The lowest BCUT2D eigenvalue weighted by atomic mass is 10.2. The summed E-state index contributed by atoms with van der Waals surface area (Å²) >= 11 is 6.65. The molecule has 15 heavy (non-hydrogen) atoms. The molecule has 1 aromatic carbocycles. The quantitative estimate of drug-likeness (QED) is 0.793. The largest absolute Gasteiger partial charge is 0.298 e. The summed E-state index contributed by atoms with van der Waals surface area (Å²) in [6.45, 7) is 0. The van der Waals surface area contributed by atoms with Crippen molar-refractivity contribution >= 4 is 38.1 Å². The smallest absolute Gasteiger partial charge is 0.151 e. The number of carbonyl (C=O) groups is 1. The average molecular weight is 330 g/mol. The number of hydrogen-bond acceptors (Lipinski definition) is 2. The van der Waals surface area contributed by atoms with Crippen LogP contribution in [-0.4, -0.2) is 16.1 Å². The molecular formula is C10H6Br2N2O. The van der Waals surface area contributed by atoms with E-state index in [-0.39, 0.29) is 0 Å². The fraction of sp³-hybridized carbons (Fsp3) is 0. The molecule has 5 heteroatoms. The van der Waals surface area contributed by atoms with Crippen LogP contribution in [0.4, 0.5) is 0 Å². The van der Waals surface area contributed by atoms with Gasteiger partial charge in [0, 0.05) is 16.2 Å². The SMILES string of the molecule is O=Cc1ccc(-n2cc(Br)cn2)cc1Br. The molecule has 0 spiro atoms. The standard InChI is InChI=1S/C10H6Br2N2O/c11-8-4-13-14(5-8)9-2-1-7(6-15)10(12)3-9/h1-6H. The first-order valence-corrected chi connectivity index (χ1v) is 5.74. The number of halogens is 2. The predicted octanol–water partition coefficient (Wildman–Crippen LogP) is 3.21. The van der Waals surface area contributed by atoms with Gasteiger partial charge in [-0.2, -0.15) is 5.10 Å². The van der Waals surface area contributed by atoms with Crippen LogP contribution in [0, 0.1) is 0 Å². The Bertz CT molecular complexity index is 508. The van der Waals surface area contributed by atoms with Crippen molar-refractivity contribution in [3.05, 3.63) is 45.1 Å². The molecular weight excluding hydrogens is 324 g/mol. The first-order chi connectivity index (χ1) is 7.20. The van der Waals surface area contributed by atoms with Crippen molar-refractivity contribution in [1.82, 2.24) is 9.78 Å². The molecule has 0 unspecified atom stereocenters. The lowest BCUT2D eigenvalue weighted by Gasteiger charge is -2.02. The Morgan fingerprint density at radius 1 is 1.33 bits per heavy atom. The third-order valence-corrected chi connectivity index (χ3v) is 3.02. The number of carbonyl (C=O) groups excluding carboxylic acids is 1. The molecule has 0 aliphatic heterocycles. The van der Waals surface area contributed by atoms with Gasteiger partial charge in [0.25, 0.3) is 0 Å². The minimum atomic E-state index is 0.630. The molecule has 0 amide bonds. The van der Waals surface area contributed by atoms with E-state index >= 15 is 0 Å². The van der Waals surface area contributed by atoms with Crippen molar-refractivity contribution in [2.75, 3.05) is 0 Å². The van der Waals surface area contributed by atoms with Gasteiger partial charge in [0.05, 0.1) is 16.4 Å². The average Bonchev–Trinajstić information content (AvgIpc) is 2.65. The Balaban J connectivity index is 2.46. The van der Waals surface area contributed by atoms with Gasteiger partial charge in [-0.05, 0) is 50.1 Å². The van der Waals surface area contributed by atoms with Crippen molar-refractivity contribution < 1.29 is 4.79 Å². The lowest BCUT2D eigenvalue weighted by Crippen LogP contribution is -1.95. The van der Waals surface area contributed by atoms with Crippen LogP contribution < -0.4 is 0 Å². The van der Waals surface area contributed by atoms with E-state index in [0.29, 0.717) is 5.56 Å². The summed E-state index contributed by atoms with van der Waals surface area (Å²) in [6.07, 6.45) is 4.37. The zero-order valence-electron chi connectivity index (χ0n) is 7.52. The Morgan fingerprint density at radius 3 is 2.67 bits per heavy atom. The second-order valence-electron chi connectivity index (χ2n) is 2.93. The van der Waals surface area contributed by atoms with E-state index in [2.05, 4.69) is 37.0 Å². The van der Waals surface area contributed by atoms with Crippen molar-refractivity contribution in [1.29, 1.82) is 0 Å².